The molecule has 0 bridgehead atoms. The zero-order valence-electron chi connectivity index (χ0n) is 15.6. The third-order valence-electron chi connectivity index (χ3n) is 3.18. The normalized spacial score (nSPS) is 12.2. The lowest BCUT2D eigenvalue weighted by atomic mass is 10.3. The van der Waals surface area contributed by atoms with Crippen LogP contribution in [0.3, 0.4) is 0 Å². The van der Waals surface area contributed by atoms with E-state index in [2.05, 4.69) is 13.3 Å². The van der Waals surface area contributed by atoms with Crippen molar-refractivity contribution in [2.75, 3.05) is 70.1 Å². The smallest absolute Gasteiger partial charge is 0.264 e. The van der Waals surface area contributed by atoms with E-state index in [4.69, 9.17) is 9.47 Å². The van der Waals surface area contributed by atoms with Crippen molar-refractivity contribution in [1.29, 1.82) is 0 Å². The van der Waals surface area contributed by atoms with Crippen LogP contribution in [-0.2, 0) is 38.1 Å². The quantitative estimate of drug-likeness (QED) is 0.293. The Balaban J connectivity index is 2.32. The maximum atomic E-state index is 10.9. The highest BCUT2D eigenvalue weighted by Crippen LogP contribution is 2.12. The van der Waals surface area contributed by atoms with Crippen LogP contribution < -0.4 is 4.90 Å². The van der Waals surface area contributed by atoms with E-state index in [1.807, 2.05) is 30.3 Å². The highest BCUT2D eigenvalue weighted by atomic mass is 32.2. The molecular weight excluding hydrogens is 398 g/mol. The summed E-state index contributed by atoms with van der Waals surface area (Å²) in [5, 5.41) is 0. The van der Waals surface area contributed by atoms with E-state index in [9.17, 15) is 16.8 Å². The summed E-state index contributed by atoms with van der Waals surface area (Å²) in [6.45, 7) is 2.24. The molecule has 0 aliphatic carbocycles. The Labute approximate surface area is 161 Å². The Morgan fingerprint density at radius 2 is 1.15 bits per heavy atom. The van der Waals surface area contributed by atoms with Gasteiger partial charge in [0.1, 0.15) is 0 Å². The van der Waals surface area contributed by atoms with Crippen molar-refractivity contribution < 1.29 is 34.7 Å². The number of para-hydroxylation sites is 1. The molecule has 0 N–H and O–H groups in total. The molecule has 27 heavy (non-hydrogen) atoms. The molecule has 0 aromatic heterocycles. The first-order valence-corrected chi connectivity index (χ1v) is 11.9. The molecule has 1 rings (SSSR count). The molecule has 0 heterocycles. The third-order valence-corrected chi connectivity index (χ3v) is 4.37. The van der Waals surface area contributed by atoms with Gasteiger partial charge in [-0.2, -0.15) is 16.8 Å². The lowest BCUT2D eigenvalue weighted by Gasteiger charge is -2.24. The molecule has 0 spiro atoms. The van der Waals surface area contributed by atoms with E-state index < -0.39 is 20.2 Å². The van der Waals surface area contributed by atoms with Crippen LogP contribution in [0.4, 0.5) is 5.69 Å². The Morgan fingerprint density at radius 1 is 0.704 bits per heavy atom. The maximum Gasteiger partial charge on any atom is 0.264 e. The standard InChI is InChI=1S/C16H27NO8S2/c1-26(18,19)24-14-12-22-10-8-17(16-6-4-3-5-7-16)9-11-23-13-15-25-27(2,20)21/h3-7H,8-15H2,1-2H3. The van der Waals surface area contributed by atoms with Crippen LogP contribution in [0.15, 0.2) is 30.3 Å². The summed E-state index contributed by atoms with van der Waals surface area (Å²) >= 11 is 0. The van der Waals surface area contributed by atoms with E-state index in [0.717, 1.165) is 18.2 Å². The topological polar surface area (TPSA) is 108 Å². The van der Waals surface area contributed by atoms with E-state index in [-0.39, 0.29) is 26.4 Å². The van der Waals surface area contributed by atoms with Crippen LogP contribution in [-0.4, -0.2) is 82.1 Å². The number of anilines is 1. The largest absolute Gasteiger partial charge is 0.377 e. The van der Waals surface area contributed by atoms with Gasteiger partial charge in [-0.15, -0.1) is 0 Å². The van der Waals surface area contributed by atoms with Crippen molar-refractivity contribution in [3.05, 3.63) is 30.3 Å². The van der Waals surface area contributed by atoms with Gasteiger partial charge in [-0.1, -0.05) is 18.2 Å². The molecule has 0 aliphatic heterocycles. The van der Waals surface area contributed by atoms with Crippen molar-refractivity contribution >= 4 is 25.9 Å². The van der Waals surface area contributed by atoms with Crippen LogP contribution in [0, 0.1) is 0 Å². The van der Waals surface area contributed by atoms with Crippen molar-refractivity contribution in [2.24, 2.45) is 0 Å². The van der Waals surface area contributed by atoms with Crippen molar-refractivity contribution in [3.8, 4) is 0 Å². The summed E-state index contributed by atoms with van der Waals surface area (Å²) in [6.07, 6.45) is 1.98. The number of ether oxygens (including phenoxy) is 2. The zero-order valence-corrected chi connectivity index (χ0v) is 17.2. The van der Waals surface area contributed by atoms with Gasteiger partial charge in [0, 0.05) is 18.8 Å². The number of hydrogen-bond acceptors (Lipinski definition) is 9. The summed E-state index contributed by atoms with van der Waals surface area (Å²) in [5.74, 6) is 0. The average molecular weight is 426 g/mol. The third kappa shape index (κ3) is 13.6. The van der Waals surface area contributed by atoms with Gasteiger partial charge in [-0.05, 0) is 12.1 Å². The van der Waals surface area contributed by atoms with Crippen LogP contribution in [0.2, 0.25) is 0 Å². The van der Waals surface area contributed by atoms with Gasteiger partial charge < -0.3 is 14.4 Å². The first-order valence-electron chi connectivity index (χ1n) is 8.32. The average Bonchev–Trinajstić information content (AvgIpc) is 2.58. The van der Waals surface area contributed by atoms with E-state index in [1.165, 1.54) is 0 Å². The molecule has 11 heteroatoms. The molecule has 0 fully saturated rings. The second-order valence-corrected chi connectivity index (χ2v) is 8.89. The Bertz CT molecular complexity index is 678. The summed E-state index contributed by atoms with van der Waals surface area (Å²) in [4.78, 5) is 2.05. The zero-order chi connectivity index (χ0) is 20.2. The summed E-state index contributed by atoms with van der Waals surface area (Å²) < 4.78 is 63.5. The monoisotopic (exact) mass is 425 g/mol. The second-order valence-electron chi connectivity index (χ2n) is 5.60. The Morgan fingerprint density at radius 3 is 1.56 bits per heavy atom. The number of hydrogen-bond donors (Lipinski definition) is 0. The molecule has 0 radical (unpaired) electrons. The lowest BCUT2D eigenvalue weighted by molar-refractivity contribution is 0.0981. The highest BCUT2D eigenvalue weighted by Gasteiger charge is 2.07. The molecule has 0 saturated carbocycles. The van der Waals surface area contributed by atoms with E-state index in [0.29, 0.717) is 26.3 Å². The van der Waals surface area contributed by atoms with Gasteiger partial charge in [0.2, 0.25) is 0 Å². The molecule has 0 amide bonds. The number of benzene rings is 1. The minimum Gasteiger partial charge on any atom is -0.377 e. The highest BCUT2D eigenvalue weighted by molar-refractivity contribution is 7.86. The van der Waals surface area contributed by atoms with Gasteiger partial charge in [0.05, 0.1) is 52.2 Å². The fraction of sp³-hybridized carbons (Fsp3) is 0.625. The van der Waals surface area contributed by atoms with Gasteiger partial charge in [0.15, 0.2) is 0 Å². The van der Waals surface area contributed by atoms with Crippen LogP contribution in [0.25, 0.3) is 0 Å². The molecule has 0 atom stereocenters. The number of rotatable bonds is 15. The fourth-order valence-electron chi connectivity index (χ4n) is 2.05. The van der Waals surface area contributed by atoms with E-state index >= 15 is 0 Å². The second kappa shape index (κ2) is 12.3. The van der Waals surface area contributed by atoms with Crippen molar-refractivity contribution in [3.63, 3.8) is 0 Å². The Hall–Kier alpha value is -1.24. The fourth-order valence-corrected chi connectivity index (χ4v) is 2.79. The van der Waals surface area contributed by atoms with Crippen molar-refractivity contribution in [1.82, 2.24) is 0 Å². The summed E-state index contributed by atoms with van der Waals surface area (Å²) in [6, 6.07) is 9.67. The SMILES string of the molecule is CS(=O)(=O)OCCOCCN(CCOCCOS(C)(=O)=O)c1ccccc1. The van der Waals surface area contributed by atoms with Gasteiger partial charge >= 0.3 is 0 Å². The molecule has 0 unspecified atom stereocenters. The molecule has 9 nitrogen and oxygen atoms in total. The molecule has 0 saturated heterocycles. The predicted molar refractivity (Wildman–Crippen MR) is 102 cm³/mol. The summed E-state index contributed by atoms with van der Waals surface area (Å²) in [7, 11) is -6.91. The minimum absolute atomic E-state index is 0.0202. The molecule has 1 aromatic carbocycles. The van der Waals surface area contributed by atoms with Crippen LogP contribution in [0.1, 0.15) is 0 Å². The molecule has 1 aromatic rings. The number of nitrogens with zero attached hydrogens (tertiary/aromatic N) is 1. The van der Waals surface area contributed by atoms with Crippen LogP contribution in [0.5, 0.6) is 0 Å². The minimum atomic E-state index is -3.45. The first-order chi connectivity index (χ1) is 12.7. The summed E-state index contributed by atoms with van der Waals surface area (Å²) in [5.41, 5.74) is 0.990. The van der Waals surface area contributed by atoms with E-state index in [1.54, 1.807) is 0 Å². The van der Waals surface area contributed by atoms with Gasteiger partial charge in [-0.25, -0.2) is 0 Å². The van der Waals surface area contributed by atoms with Gasteiger partial charge in [0.25, 0.3) is 20.2 Å². The Kier molecular flexibility index (Phi) is 10.8. The predicted octanol–water partition coefficient (Wildman–Crippen LogP) is 0.479. The molecular formula is C16H27NO8S2. The first kappa shape index (κ1) is 23.8. The van der Waals surface area contributed by atoms with Gasteiger partial charge in [-0.3, -0.25) is 8.37 Å². The lowest BCUT2D eigenvalue weighted by Crippen LogP contribution is -2.31. The van der Waals surface area contributed by atoms with Crippen LogP contribution >= 0.6 is 0 Å². The molecule has 0 aliphatic rings. The maximum absolute atomic E-state index is 10.9. The molecule has 156 valence electrons. The van der Waals surface area contributed by atoms with Crippen molar-refractivity contribution in [2.45, 2.75) is 0 Å².